The molecule has 1 aromatic carbocycles. The quantitative estimate of drug-likeness (QED) is 0.454. The summed E-state index contributed by atoms with van der Waals surface area (Å²) in [6, 6.07) is 7.42. The minimum Gasteiger partial charge on any atom is -0.464 e. The van der Waals surface area contributed by atoms with E-state index in [1.807, 2.05) is 31.2 Å². The first-order valence-electron chi connectivity index (χ1n) is 5.32. The van der Waals surface area contributed by atoms with E-state index >= 15 is 0 Å². The van der Waals surface area contributed by atoms with Crippen molar-refractivity contribution in [3.63, 3.8) is 0 Å². The van der Waals surface area contributed by atoms with E-state index in [2.05, 4.69) is 4.74 Å². The number of rotatable bonds is 3. The smallest absolute Gasteiger partial charge is 0.385 e. The molecule has 1 aliphatic carbocycles. The number of ether oxygens (including phenoxy) is 1. The Morgan fingerprint density at radius 2 is 2.06 bits per heavy atom. The fourth-order valence-corrected chi connectivity index (χ4v) is 2.12. The second-order valence-corrected chi connectivity index (χ2v) is 4.34. The maximum atomic E-state index is 11.5. The molecule has 0 amide bonds. The number of carbonyl (C=O) groups is 1. The summed E-state index contributed by atoms with van der Waals surface area (Å²) in [7, 11) is 1.18. The number of hydrogen-bond acceptors (Lipinski definition) is 4. The Bertz CT molecular complexity index is 468. The molecule has 2 atom stereocenters. The van der Waals surface area contributed by atoms with Gasteiger partial charge >= 0.3 is 11.5 Å². The number of aryl methyl sites for hydroxylation is 1. The molecule has 0 spiro atoms. The molecule has 0 bridgehead atoms. The standard InChI is InChI=1S/C12H13NO4/c1-8-3-5-9(6-4-8)10-7-12(10,13(15)16)11(14)17-2/h3-6,10H,7H2,1-2H3/t10-,12+/m1/s1. The third-order valence-corrected chi connectivity index (χ3v) is 3.28. The molecule has 5 nitrogen and oxygen atoms in total. The van der Waals surface area contributed by atoms with Gasteiger partial charge in [0.15, 0.2) is 0 Å². The van der Waals surface area contributed by atoms with E-state index in [1.54, 1.807) is 0 Å². The Kier molecular flexibility index (Phi) is 2.61. The summed E-state index contributed by atoms with van der Waals surface area (Å²) in [5, 5.41) is 11.0. The predicted molar refractivity (Wildman–Crippen MR) is 60.3 cm³/mol. The minimum atomic E-state index is -1.57. The van der Waals surface area contributed by atoms with Crippen LogP contribution in [0.2, 0.25) is 0 Å². The van der Waals surface area contributed by atoms with Crippen molar-refractivity contribution in [3.8, 4) is 0 Å². The molecule has 17 heavy (non-hydrogen) atoms. The number of hydrogen-bond donors (Lipinski definition) is 0. The average Bonchev–Trinajstić information content (AvgIpc) is 3.05. The Balaban J connectivity index is 2.29. The number of benzene rings is 1. The molecular formula is C12H13NO4. The predicted octanol–water partition coefficient (Wildman–Crippen LogP) is 1.67. The van der Waals surface area contributed by atoms with Gasteiger partial charge in [-0.2, -0.15) is 0 Å². The largest absolute Gasteiger partial charge is 0.464 e. The van der Waals surface area contributed by atoms with E-state index < -0.39 is 16.4 Å². The Morgan fingerprint density at radius 1 is 1.47 bits per heavy atom. The summed E-state index contributed by atoms with van der Waals surface area (Å²) in [5.41, 5.74) is 0.334. The van der Waals surface area contributed by atoms with E-state index in [4.69, 9.17) is 0 Å². The van der Waals surface area contributed by atoms with E-state index in [1.165, 1.54) is 7.11 Å². The molecule has 1 aliphatic rings. The number of methoxy groups -OCH3 is 1. The van der Waals surface area contributed by atoms with Crippen LogP contribution in [0.5, 0.6) is 0 Å². The van der Waals surface area contributed by atoms with Crippen molar-refractivity contribution < 1.29 is 14.5 Å². The highest BCUT2D eigenvalue weighted by atomic mass is 16.6. The summed E-state index contributed by atoms with van der Waals surface area (Å²) in [5.74, 6) is -1.13. The van der Waals surface area contributed by atoms with Gasteiger partial charge in [-0.05, 0) is 12.5 Å². The van der Waals surface area contributed by atoms with Crippen LogP contribution >= 0.6 is 0 Å². The topological polar surface area (TPSA) is 69.4 Å². The zero-order valence-electron chi connectivity index (χ0n) is 9.67. The van der Waals surface area contributed by atoms with Gasteiger partial charge < -0.3 is 4.74 Å². The Labute approximate surface area is 98.5 Å². The van der Waals surface area contributed by atoms with Gasteiger partial charge in [-0.1, -0.05) is 29.8 Å². The normalized spacial score (nSPS) is 26.4. The molecule has 90 valence electrons. The maximum absolute atomic E-state index is 11.5. The second kappa shape index (κ2) is 3.84. The molecule has 1 aromatic rings. The van der Waals surface area contributed by atoms with Gasteiger partial charge in [0.25, 0.3) is 0 Å². The summed E-state index contributed by atoms with van der Waals surface area (Å²) < 4.78 is 4.53. The van der Waals surface area contributed by atoms with E-state index in [9.17, 15) is 14.9 Å². The highest BCUT2D eigenvalue weighted by molar-refractivity contribution is 5.85. The molecule has 0 radical (unpaired) electrons. The highest BCUT2D eigenvalue weighted by Crippen LogP contribution is 2.54. The van der Waals surface area contributed by atoms with E-state index in [0.29, 0.717) is 0 Å². The van der Waals surface area contributed by atoms with Crippen LogP contribution in [0.3, 0.4) is 0 Å². The first-order valence-corrected chi connectivity index (χ1v) is 5.32. The number of carbonyl (C=O) groups excluding carboxylic acids is 1. The van der Waals surface area contributed by atoms with E-state index in [-0.39, 0.29) is 12.3 Å². The van der Waals surface area contributed by atoms with Crippen LogP contribution in [-0.4, -0.2) is 23.5 Å². The van der Waals surface area contributed by atoms with Crippen LogP contribution in [0, 0.1) is 17.0 Å². The zero-order chi connectivity index (χ0) is 12.6. The molecule has 0 saturated heterocycles. The van der Waals surface area contributed by atoms with Gasteiger partial charge in [0, 0.05) is 11.3 Å². The van der Waals surface area contributed by atoms with Crippen molar-refractivity contribution in [1.29, 1.82) is 0 Å². The number of nitro groups is 1. The molecular weight excluding hydrogens is 222 g/mol. The lowest BCUT2D eigenvalue weighted by atomic mass is 10.0. The van der Waals surface area contributed by atoms with Gasteiger partial charge in [-0.3, -0.25) is 10.1 Å². The Hall–Kier alpha value is -1.91. The van der Waals surface area contributed by atoms with Gasteiger partial charge in [-0.15, -0.1) is 0 Å². The second-order valence-electron chi connectivity index (χ2n) is 4.34. The third-order valence-electron chi connectivity index (χ3n) is 3.28. The molecule has 0 heterocycles. The van der Waals surface area contributed by atoms with Crippen molar-refractivity contribution in [1.82, 2.24) is 0 Å². The highest BCUT2D eigenvalue weighted by Gasteiger charge is 2.73. The third kappa shape index (κ3) is 1.67. The first-order chi connectivity index (χ1) is 8.02. The molecule has 0 N–H and O–H groups in total. The van der Waals surface area contributed by atoms with Crippen molar-refractivity contribution in [3.05, 3.63) is 45.5 Å². The lowest BCUT2D eigenvalue weighted by Gasteiger charge is -2.07. The lowest BCUT2D eigenvalue weighted by Crippen LogP contribution is -2.34. The van der Waals surface area contributed by atoms with Crippen molar-refractivity contribution in [2.45, 2.75) is 24.8 Å². The van der Waals surface area contributed by atoms with Gasteiger partial charge in [0.2, 0.25) is 0 Å². The van der Waals surface area contributed by atoms with Gasteiger partial charge in [0.1, 0.15) is 0 Å². The lowest BCUT2D eigenvalue weighted by molar-refractivity contribution is -0.526. The van der Waals surface area contributed by atoms with Crippen LogP contribution in [0.25, 0.3) is 0 Å². The van der Waals surface area contributed by atoms with Crippen LogP contribution in [0.4, 0.5) is 0 Å². The molecule has 0 aliphatic heterocycles. The fourth-order valence-electron chi connectivity index (χ4n) is 2.12. The first kappa shape index (κ1) is 11.6. The maximum Gasteiger partial charge on any atom is 0.385 e. The molecule has 0 unspecified atom stereocenters. The van der Waals surface area contributed by atoms with Gasteiger partial charge in [-0.25, -0.2) is 4.79 Å². The Morgan fingerprint density at radius 3 is 2.53 bits per heavy atom. The monoisotopic (exact) mass is 235 g/mol. The van der Waals surface area contributed by atoms with Gasteiger partial charge in [0.05, 0.1) is 13.0 Å². The van der Waals surface area contributed by atoms with E-state index in [0.717, 1.165) is 11.1 Å². The minimum absolute atomic E-state index is 0.218. The summed E-state index contributed by atoms with van der Waals surface area (Å²) in [4.78, 5) is 22.0. The van der Waals surface area contributed by atoms with Crippen molar-refractivity contribution in [2.75, 3.05) is 7.11 Å². The molecule has 0 aromatic heterocycles. The number of esters is 1. The molecule has 5 heteroatoms. The summed E-state index contributed by atoms with van der Waals surface area (Å²) in [6.45, 7) is 1.94. The van der Waals surface area contributed by atoms with Crippen LogP contribution in [0.15, 0.2) is 24.3 Å². The molecule has 1 fully saturated rings. The zero-order valence-corrected chi connectivity index (χ0v) is 9.67. The summed E-state index contributed by atoms with van der Waals surface area (Å²) in [6.07, 6.45) is 0.218. The summed E-state index contributed by atoms with van der Waals surface area (Å²) >= 11 is 0. The van der Waals surface area contributed by atoms with Crippen LogP contribution in [-0.2, 0) is 9.53 Å². The average molecular weight is 235 g/mol. The fraction of sp³-hybridized carbons (Fsp3) is 0.417. The van der Waals surface area contributed by atoms with Crippen molar-refractivity contribution >= 4 is 5.97 Å². The van der Waals surface area contributed by atoms with Crippen LogP contribution in [0.1, 0.15) is 23.5 Å². The number of nitrogens with zero attached hydrogens (tertiary/aromatic N) is 1. The van der Waals surface area contributed by atoms with Crippen LogP contribution < -0.4 is 0 Å². The van der Waals surface area contributed by atoms with Crippen molar-refractivity contribution in [2.24, 2.45) is 0 Å². The molecule has 2 rings (SSSR count). The molecule has 1 saturated carbocycles. The SMILES string of the molecule is COC(=O)[C@]1([N+](=O)[O-])C[C@@H]1c1ccc(C)cc1.